The van der Waals surface area contributed by atoms with E-state index in [1.54, 1.807) is 6.07 Å². The Labute approximate surface area is 194 Å². The highest BCUT2D eigenvalue weighted by Crippen LogP contribution is 2.44. The van der Waals surface area contributed by atoms with Gasteiger partial charge in [0.1, 0.15) is 11.4 Å². The fraction of sp³-hybridized carbons (Fsp3) is 0.333. The molecule has 1 aliphatic rings. The number of nitrogens with one attached hydrogen (secondary N) is 2. The molecule has 174 valence electrons. The minimum absolute atomic E-state index is 0.0626. The van der Waals surface area contributed by atoms with E-state index in [2.05, 4.69) is 15.7 Å². The number of fused-ring (bicyclic) bond motifs is 1. The van der Waals surface area contributed by atoms with Gasteiger partial charge in [-0.1, -0.05) is 54.9 Å². The van der Waals surface area contributed by atoms with Crippen LogP contribution >= 0.6 is 11.6 Å². The molecule has 0 radical (unpaired) electrons. The summed E-state index contributed by atoms with van der Waals surface area (Å²) in [7, 11) is 0. The summed E-state index contributed by atoms with van der Waals surface area (Å²) in [4.78, 5) is 12.9. The first-order valence-corrected chi connectivity index (χ1v) is 11.1. The van der Waals surface area contributed by atoms with Gasteiger partial charge in [-0.05, 0) is 41.7 Å². The van der Waals surface area contributed by atoms with Crippen molar-refractivity contribution >= 4 is 23.3 Å². The Balaban J connectivity index is 1.60. The molecule has 0 spiro atoms. The molecule has 0 saturated carbocycles. The molecule has 3 aromatic rings. The number of nitrogens with zero attached hydrogens (tertiary/aromatic N) is 2. The van der Waals surface area contributed by atoms with E-state index in [-0.39, 0.29) is 24.3 Å². The Morgan fingerprint density at radius 1 is 1.21 bits per heavy atom. The van der Waals surface area contributed by atoms with Gasteiger partial charge in [-0.3, -0.25) is 4.79 Å². The lowest BCUT2D eigenvalue weighted by molar-refractivity contribution is -0.173. The molecule has 5 nitrogen and oxygen atoms in total. The third-order valence-corrected chi connectivity index (χ3v) is 6.37. The molecule has 9 heteroatoms. The van der Waals surface area contributed by atoms with Crippen molar-refractivity contribution in [1.29, 1.82) is 0 Å². The van der Waals surface area contributed by atoms with E-state index in [1.165, 1.54) is 6.20 Å². The van der Waals surface area contributed by atoms with Gasteiger partial charge < -0.3 is 10.6 Å². The molecule has 0 bridgehead atoms. The van der Waals surface area contributed by atoms with Gasteiger partial charge in [-0.15, -0.1) is 0 Å². The second kappa shape index (κ2) is 9.09. The van der Waals surface area contributed by atoms with Crippen LogP contribution in [0, 0.1) is 6.92 Å². The number of amides is 1. The summed E-state index contributed by atoms with van der Waals surface area (Å²) in [6.45, 7) is 4.08. The molecule has 2 N–H and O–H groups in total. The van der Waals surface area contributed by atoms with Crippen LogP contribution in [0.15, 0.2) is 48.7 Å². The third kappa shape index (κ3) is 4.85. The predicted molar refractivity (Wildman–Crippen MR) is 121 cm³/mol. The van der Waals surface area contributed by atoms with Gasteiger partial charge in [0.25, 0.3) is 5.91 Å². The van der Waals surface area contributed by atoms with Crippen LogP contribution in [0.4, 0.5) is 19.0 Å². The van der Waals surface area contributed by atoms with Crippen molar-refractivity contribution in [1.82, 2.24) is 15.1 Å². The zero-order valence-electron chi connectivity index (χ0n) is 18.2. The van der Waals surface area contributed by atoms with E-state index >= 15 is 0 Å². The average molecular weight is 477 g/mol. The second-order valence-corrected chi connectivity index (χ2v) is 8.61. The maximum absolute atomic E-state index is 13.9. The number of halogens is 4. The van der Waals surface area contributed by atoms with E-state index < -0.39 is 24.2 Å². The first-order valence-electron chi connectivity index (χ1n) is 10.7. The normalized spacial score (nSPS) is 17.9. The van der Waals surface area contributed by atoms with Crippen LogP contribution in [0.25, 0.3) is 0 Å². The number of benzene rings is 2. The molecule has 2 aromatic carbocycles. The van der Waals surface area contributed by atoms with Crippen LogP contribution in [0.2, 0.25) is 5.02 Å². The zero-order valence-corrected chi connectivity index (χ0v) is 19.0. The van der Waals surface area contributed by atoms with Gasteiger partial charge in [0.05, 0.1) is 12.2 Å². The van der Waals surface area contributed by atoms with Crippen LogP contribution in [-0.2, 0) is 13.0 Å². The monoisotopic (exact) mass is 476 g/mol. The maximum Gasteiger partial charge on any atom is 0.410 e. The van der Waals surface area contributed by atoms with E-state index in [4.69, 9.17) is 11.6 Å². The number of carbonyl (C=O) groups excluding carboxylic acids is 1. The zero-order chi connectivity index (χ0) is 23.8. The van der Waals surface area contributed by atoms with Gasteiger partial charge in [0.2, 0.25) is 0 Å². The van der Waals surface area contributed by atoms with E-state index in [0.717, 1.165) is 33.4 Å². The molecular formula is C24H24ClF3N4O. The lowest BCUT2D eigenvalue weighted by atomic mass is 9.95. The van der Waals surface area contributed by atoms with Crippen molar-refractivity contribution in [3.8, 4) is 0 Å². The Bertz CT molecular complexity index is 1160. The molecule has 2 unspecified atom stereocenters. The summed E-state index contributed by atoms with van der Waals surface area (Å²) in [6, 6.07) is 10.5. The summed E-state index contributed by atoms with van der Waals surface area (Å²) in [5.74, 6) is -0.448. The minimum Gasteiger partial charge on any atom is -0.363 e. The van der Waals surface area contributed by atoms with Crippen molar-refractivity contribution in [3.63, 3.8) is 0 Å². The summed E-state index contributed by atoms with van der Waals surface area (Å²) in [5, 5.41) is 10.4. The highest BCUT2D eigenvalue weighted by Gasteiger charge is 2.47. The van der Waals surface area contributed by atoms with Crippen LogP contribution in [0.5, 0.6) is 0 Å². The Kier molecular flexibility index (Phi) is 6.38. The van der Waals surface area contributed by atoms with Crippen molar-refractivity contribution < 1.29 is 18.0 Å². The molecule has 1 aromatic heterocycles. The topological polar surface area (TPSA) is 59.0 Å². The Hall–Kier alpha value is -3.00. The molecule has 33 heavy (non-hydrogen) atoms. The molecule has 2 atom stereocenters. The number of hydrogen-bond donors (Lipinski definition) is 2. The van der Waals surface area contributed by atoms with Crippen molar-refractivity contribution in [3.05, 3.63) is 81.5 Å². The number of alkyl halides is 3. The highest BCUT2D eigenvalue weighted by molar-refractivity contribution is 6.31. The van der Waals surface area contributed by atoms with Crippen molar-refractivity contribution in [2.24, 2.45) is 0 Å². The van der Waals surface area contributed by atoms with Gasteiger partial charge in [-0.25, -0.2) is 4.68 Å². The molecule has 2 heterocycles. The van der Waals surface area contributed by atoms with Gasteiger partial charge >= 0.3 is 6.18 Å². The lowest BCUT2D eigenvalue weighted by Crippen LogP contribution is -2.36. The van der Waals surface area contributed by atoms with Gasteiger partial charge in [0, 0.05) is 18.0 Å². The number of aromatic nitrogens is 2. The largest absolute Gasteiger partial charge is 0.410 e. The SMILES string of the molecule is CCc1ccc(C2CC(C(F)(F)F)n3ncc(C(=O)NCc4ccc(C)c(Cl)c4)c3N2)cc1. The van der Waals surface area contributed by atoms with Crippen LogP contribution in [0.3, 0.4) is 0 Å². The molecule has 0 saturated heterocycles. The summed E-state index contributed by atoms with van der Waals surface area (Å²) in [5.41, 5.74) is 3.60. The van der Waals surface area contributed by atoms with Crippen molar-refractivity contribution in [2.45, 2.75) is 51.5 Å². The lowest BCUT2D eigenvalue weighted by Gasteiger charge is -2.34. The molecule has 0 aliphatic carbocycles. The minimum atomic E-state index is -4.50. The van der Waals surface area contributed by atoms with Crippen molar-refractivity contribution in [2.75, 3.05) is 5.32 Å². The first kappa shape index (κ1) is 23.2. The quantitative estimate of drug-likeness (QED) is 0.475. The number of aryl methyl sites for hydroxylation is 2. The molecule has 1 aliphatic heterocycles. The molecule has 1 amide bonds. The summed E-state index contributed by atoms with van der Waals surface area (Å²) >= 11 is 6.13. The standard InChI is InChI=1S/C24H24ClF3N4O/c1-3-15-6-8-17(9-7-15)20-11-21(24(26,27)28)32-22(31-20)18(13-30-32)23(33)29-12-16-5-4-14(2)19(25)10-16/h4-10,13,20-21,31H,3,11-12H2,1-2H3,(H,29,33). The highest BCUT2D eigenvalue weighted by atomic mass is 35.5. The van der Waals surface area contributed by atoms with Crippen LogP contribution in [-0.4, -0.2) is 21.9 Å². The van der Waals surface area contributed by atoms with Gasteiger partial charge in [0.15, 0.2) is 6.04 Å². The summed E-state index contributed by atoms with van der Waals surface area (Å²) < 4.78 is 42.5. The molecule has 4 rings (SSSR count). The number of carbonyl (C=O) groups is 1. The fourth-order valence-electron chi connectivity index (χ4n) is 3.96. The maximum atomic E-state index is 13.9. The van der Waals surface area contributed by atoms with Crippen LogP contribution in [0.1, 0.15) is 58.0 Å². The Morgan fingerprint density at radius 3 is 2.55 bits per heavy atom. The van der Waals surface area contributed by atoms with E-state index in [1.807, 2.05) is 50.2 Å². The Morgan fingerprint density at radius 2 is 1.91 bits per heavy atom. The first-order chi connectivity index (χ1) is 15.7. The molecule has 0 fully saturated rings. The third-order valence-electron chi connectivity index (χ3n) is 5.96. The number of hydrogen-bond acceptors (Lipinski definition) is 3. The molecular weight excluding hydrogens is 453 g/mol. The smallest absolute Gasteiger partial charge is 0.363 e. The number of rotatable bonds is 5. The predicted octanol–water partition coefficient (Wildman–Crippen LogP) is 6.00. The average Bonchev–Trinajstić information content (AvgIpc) is 3.22. The fourth-order valence-corrected chi connectivity index (χ4v) is 4.16. The van der Waals surface area contributed by atoms with Crippen LogP contribution < -0.4 is 10.6 Å². The van der Waals surface area contributed by atoms with Gasteiger partial charge in [-0.2, -0.15) is 18.3 Å². The number of anilines is 1. The second-order valence-electron chi connectivity index (χ2n) is 8.20. The van der Waals surface area contributed by atoms with E-state index in [9.17, 15) is 18.0 Å². The summed E-state index contributed by atoms with van der Waals surface area (Å²) in [6.07, 6.45) is -2.70. The van der Waals surface area contributed by atoms with E-state index in [0.29, 0.717) is 5.02 Å².